The Bertz CT molecular complexity index is 1810. The van der Waals surface area contributed by atoms with Crippen LogP contribution in [0.15, 0.2) is 87.4 Å². The molecule has 0 bridgehead atoms. The first-order valence-electron chi connectivity index (χ1n) is 12.0. The molecule has 4 heterocycles. The van der Waals surface area contributed by atoms with Gasteiger partial charge in [0.2, 0.25) is 0 Å². The number of nitrogens with zero attached hydrogens (tertiary/aromatic N) is 4. The molecule has 1 aliphatic rings. The van der Waals surface area contributed by atoms with Crippen LogP contribution in [-0.2, 0) is 9.53 Å². The highest BCUT2D eigenvalue weighted by Gasteiger charge is 2.35. The van der Waals surface area contributed by atoms with Crippen molar-refractivity contribution < 1.29 is 18.7 Å². The molecular weight excluding hydrogens is 684 g/mol. The molecule has 0 fully saturated rings. The molecule has 1 aliphatic heterocycles. The number of benzene rings is 1. The van der Waals surface area contributed by atoms with Crippen molar-refractivity contribution in [2.45, 2.75) is 43.2 Å². The van der Waals surface area contributed by atoms with Crippen LogP contribution in [0.5, 0.6) is 5.75 Å². The largest absolute Gasteiger partial charge is 0.496 e. The molecule has 0 amide bonds. The predicted molar refractivity (Wildman–Crippen MR) is 158 cm³/mol. The maximum atomic E-state index is 13.9. The lowest BCUT2D eigenvalue weighted by atomic mass is 9.95. The lowest BCUT2D eigenvalue weighted by molar-refractivity contribution is -0.143. The van der Waals surface area contributed by atoms with Gasteiger partial charge in [-0.25, -0.2) is 19.8 Å². The van der Waals surface area contributed by atoms with Crippen LogP contribution in [-0.4, -0.2) is 33.7 Å². The van der Waals surface area contributed by atoms with Crippen molar-refractivity contribution in [1.29, 1.82) is 0 Å². The predicted octanol–water partition coefficient (Wildman–Crippen LogP) is 5.25. The summed E-state index contributed by atoms with van der Waals surface area (Å²) in [5.74, 6) is 0.437. The van der Waals surface area contributed by atoms with E-state index in [2.05, 4.69) is 46.8 Å². The second-order valence-electron chi connectivity index (χ2n) is 8.84. The molecule has 3 aromatic heterocycles. The van der Waals surface area contributed by atoms with E-state index in [1.807, 2.05) is 12.1 Å². The molecule has 4 aromatic rings. The lowest BCUT2D eigenvalue weighted by Gasteiger charge is -2.26. The molecule has 13 heteroatoms. The summed E-state index contributed by atoms with van der Waals surface area (Å²) in [6.45, 7) is 5.29. The highest BCUT2D eigenvalue weighted by Crippen LogP contribution is 2.38. The van der Waals surface area contributed by atoms with Gasteiger partial charge in [0.1, 0.15) is 17.6 Å². The Morgan fingerprint density at radius 3 is 2.67 bits per heavy atom. The van der Waals surface area contributed by atoms with Crippen LogP contribution in [0.2, 0.25) is 0 Å². The Balaban J connectivity index is 1.66. The Labute approximate surface area is 253 Å². The number of rotatable bonds is 7. The van der Waals surface area contributed by atoms with Crippen LogP contribution in [0.1, 0.15) is 38.1 Å². The minimum atomic E-state index is -0.818. The Morgan fingerprint density at radius 2 is 1.98 bits per heavy atom. The first-order chi connectivity index (χ1) is 19.2. The molecule has 0 radical (unpaired) electrons. The zero-order chi connectivity index (χ0) is 28.6. The molecule has 0 unspecified atom stereocenters. The molecule has 0 spiro atoms. The smallest absolute Gasteiger partial charge is 0.338 e. The molecular formula is C27H22Br2N4O5S2. The average Bonchev–Trinajstić information content (AvgIpc) is 3.40. The van der Waals surface area contributed by atoms with E-state index in [9.17, 15) is 9.59 Å². The van der Waals surface area contributed by atoms with E-state index in [-0.39, 0.29) is 17.2 Å². The number of esters is 1. The van der Waals surface area contributed by atoms with Crippen molar-refractivity contribution in [3.63, 3.8) is 0 Å². The van der Waals surface area contributed by atoms with Gasteiger partial charge < -0.3 is 13.9 Å². The van der Waals surface area contributed by atoms with Crippen LogP contribution in [0, 0.1) is 0 Å². The zero-order valence-corrected chi connectivity index (χ0v) is 26.5. The third-order valence-corrected chi connectivity index (χ3v) is 8.95. The summed E-state index contributed by atoms with van der Waals surface area (Å²) < 4.78 is 20.6. The van der Waals surface area contributed by atoms with Crippen molar-refractivity contribution in [1.82, 2.24) is 14.5 Å². The molecule has 206 valence electrons. The van der Waals surface area contributed by atoms with Crippen molar-refractivity contribution in [2.24, 2.45) is 4.99 Å². The van der Waals surface area contributed by atoms with Crippen LogP contribution in [0.3, 0.4) is 0 Å². The monoisotopic (exact) mass is 704 g/mol. The minimum absolute atomic E-state index is 0.270. The van der Waals surface area contributed by atoms with Gasteiger partial charge in [0.05, 0.1) is 33.5 Å². The van der Waals surface area contributed by atoms with E-state index in [0.717, 1.165) is 4.47 Å². The summed E-state index contributed by atoms with van der Waals surface area (Å²) in [4.78, 5) is 40.8. The molecule has 5 rings (SSSR count). The van der Waals surface area contributed by atoms with Gasteiger partial charge in [-0.2, -0.15) is 0 Å². The van der Waals surface area contributed by atoms with Gasteiger partial charge in [-0.15, -0.1) is 0 Å². The average molecular weight is 706 g/mol. The summed E-state index contributed by atoms with van der Waals surface area (Å²) in [7, 11) is 1.55. The van der Waals surface area contributed by atoms with E-state index in [0.29, 0.717) is 46.8 Å². The van der Waals surface area contributed by atoms with Crippen molar-refractivity contribution in [2.75, 3.05) is 7.11 Å². The van der Waals surface area contributed by atoms with E-state index in [4.69, 9.17) is 13.9 Å². The maximum absolute atomic E-state index is 13.9. The summed E-state index contributed by atoms with van der Waals surface area (Å²) in [5, 5.41) is 1.08. The van der Waals surface area contributed by atoms with Gasteiger partial charge in [0.25, 0.3) is 5.56 Å². The highest BCUT2D eigenvalue weighted by molar-refractivity contribution is 9.10. The molecule has 9 nitrogen and oxygen atoms in total. The van der Waals surface area contributed by atoms with Crippen LogP contribution in [0.25, 0.3) is 6.08 Å². The number of ether oxygens (including phenoxy) is 2. The van der Waals surface area contributed by atoms with Crippen LogP contribution in [0.4, 0.5) is 0 Å². The third kappa shape index (κ3) is 5.73. The summed E-state index contributed by atoms with van der Waals surface area (Å²) in [6, 6.07) is 8.14. The van der Waals surface area contributed by atoms with Gasteiger partial charge >= 0.3 is 5.97 Å². The van der Waals surface area contributed by atoms with Crippen molar-refractivity contribution >= 4 is 67.0 Å². The maximum Gasteiger partial charge on any atom is 0.338 e. The number of thiazole rings is 1. The number of hydrogen-bond donors (Lipinski definition) is 0. The number of carbonyl (C=O) groups excluding carboxylic acids is 1. The number of methoxy groups -OCH3 is 1. The van der Waals surface area contributed by atoms with Crippen LogP contribution >= 0.6 is 55.0 Å². The standard InChI is InChI=1S/C27H22Br2N4O5S2/c1-13(2)37-24(35)21-14(3)32-27-33(22(21)17-10-15(28)6-7-19(17)36-4)23(34)20(39-27)12-16-11-18(29)25(38-16)40-26-30-8-5-9-31-26/h5-13,22H,1-4H3/b20-12-/t22-/m1/s1. The van der Waals surface area contributed by atoms with Crippen LogP contribution < -0.4 is 19.6 Å². The van der Waals surface area contributed by atoms with Gasteiger partial charge in [0, 0.05) is 28.5 Å². The summed E-state index contributed by atoms with van der Waals surface area (Å²) >= 11 is 9.49. The molecule has 0 saturated heterocycles. The number of fused-ring (bicyclic) bond motifs is 1. The van der Waals surface area contributed by atoms with Crippen molar-refractivity contribution in [3.8, 4) is 5.75 Å². The normalized spacial score (nSPS) is 15.3. The number of allylic oxidation sites excluding steroid dienone is 1. The van der Waals surface area contributed by atoms with Gasteiger partial charge in [0.15, 0.2) is 15.1 Å². The third-order valence-electron chi connectivity index (χ3n) is 5.74. The van der Waals surface area contributed by atoms with Gasteiger partial charge in [-0.3, -0.25) is 9.36 Å². The zero-order valence-electron chi connectivity index (χ0n) is 21.7. The number of hydrogen-bond acceptors (Lipinski definition) is 10. The van der Waals surface area contributed by atoms with E-state index >= 15 is 0 Å². The fourth-order valence-corrected chi connectivity index (χ4v) is 6.78. The molecule has 1 atom stereocenters. The number of halogens is 2. The summed E-state index contributed by atoms with van der Waals surface area (Å²) in [5.41, 5.74) is 1.03. The lowest BCUT2D eigenvalue weighted by Crippen LogP contribution is -2.40. The Morgan fingerprint density at radius 1 is 1.23 bits per heavy atom. The molecule has 1 aromatic carbocycles. The molecule has 0 saturated carbocycles. The molecule has 40 heavy (non-hydrogen) atoms. The van der Waals surface area contributed by atoms with E-state index in [1.165, 1.54) is 27.7 Å². The Kier molecular flexibility index (Phi) is 8.45. The quantitative estimate of drug-likeness (QED) is 0.190. The fourth-order valence-electron chi connectivity index (χ4n) is 4.13. The van der Waals surface area contributed by atoms with E-state index in [1.54, 1.807) is 64.5 Å². The number of carbonyl (C=O) groups is 1. The number of aromatic nitrogens is 3. The molecule has 0 N–H and O–H groups in total. The topological polar surface area (TPSA) is 109 Å². The SMILES string of the molecule is COc1ccc(Br)cc1[C@@H]1C(C(=O)OC(C)C)=C(C)N=c2s/c(=C\c3cc(Br)c(Sc4ncccn4)o3)c(=O)n21. The fraction of sp³-hybridized carbons (Fsp3) is 0.222. The second-order valence-corrected chi connectivity index (χ2v) is 12.6. The molecule has 0 aliphatic carbocycles. The first kappa shape index (κ1) is 28.5. The minimum Gasteiger partial charge on any atom is -0.496 e. The summed E-state index contributed by atoms with van der Waals surface area (Å²) in [6.07, 6.45) is 4.61. The highest BCUT2D eigenvalue weighted by atomic mass is 79.9. The van der Waals surface area contributed by atoms with Gasteiger partial charge in [-0.05, 0) is 78.8 Å². The van der Waals surface area contributed by atoms with E-state index < -0.39 is 12.0 Å². The number of furan rings is 1. The van der Waals surface area contributed by atoms with Gasteiger partial charge in [-0.1, -0.05) is 27.3 Å². The Hall–Kier alpha value is -3.00. The second kappa shape index (κ2) is 11.9. The first-order valence-corrected chi connectivity index (χ1v) is 15.2. The van der Waals surface area contributed by atoms with Crippen molar-refractivity contribution in [3.05, 3.63) is 94.0 Å².